The highest BCUT2D eigenvalue weighted by Gasteiger charge is 2.52. The van der Waals surface area contributed by atoms with Gasteiger partial charge in [-0.15, -0.1) is 10.2 Å². The van der Waals surface area contributed by atoms with E-state index in [1.54, 1.807) is 6.92 Å². The van der Waals surface area contributed by atoms with E-state index in [0.29, 0.717) is 30.8 Å². The monoisotopic (exact) mass is 362 g/mol. The molecule has 26 heavy (non-hydrogen) atoms. The van der Waals surface area contributed by atoms with E-state index in [-0.39, 0.29) is 29.8 Å². The van der Waals surface area contributed by atoms with Crippen molar-refractivity contribution in [2.24, 2.45) is 11.3 Å². The normalized spacial score (nSPS) is 25.1. The van der Waals surface area contributed by atoms with Crippen LogP contribution >= 0.6 is 0 Å². The summed E-state index contributed by atoms with van der Waals surface area (Å²) in [4.78, 5) is 28.6. The van der Waals surface area contributed by atoms with Gasteiger partial charge in [-0.1, -0.05) is 0 Å². The molecule has 1 aliphatic carbocycles. The van der Waals surface area contributed by atoms with Crippen LogP contribution in [0.3, 0.4) is 0 Å². The first-order chi connectivity index (χ1) is 12.5. The van der Waals surface area contributed by atoms with Gasteiger partial charge in [-0.05, 0) is 25.7 Å². The first-order valence-electron chi connectivity index (χ1n) is 9.38. The third kappa shape index (κ3) is 3.11. The second kappa shape index (κ2) is 6.64. The lowest BCUT2D eigenvalue weighted by molar-refractivity contribution is -0.137. The highest BCUT2D eigenvalue weighted by Crippen LogP contribution is 2.50. The molecular formula is C18H26N4O4. The van der Waals surface area contributed by atoms with Crippen molar-refractivity contribution in [2.75, 3.05) is 39.9 Å². The topological polar surface area (TPSA) is 88.8 Å². The van der Waals surface area contributed by atoms with E-state index in [1.807, 2.05) is 9.80 Å². The number of hydrogen-bond donors (Lipinski definition) is 0. The maximum Gasteiger partial charge on any atom is 0.248 e. The van der Waals surface area contributed by atoms with Gasteiger partial charge in [-0.3, -0.25) is 9.59 Å². The maximum atomic E-state index is 12.4. The van der Waals surface area contributed by atoms with Crippen LogP contribution in [-0.4, -0.2) is 71.7 Å². The summed E-state index contributed by atoms with van der Waals surface area (Å²) in [7, 11) is 1.53. The van der Waals surface area contributed by atoms with Crippen LogP contribution in [0.5, 0.6) is 0 Å². The average molecular weight is 362 g/mol. The Bertz CT molecular complexity index is 691. The Morgan fingerprint density at radius 1 is 1.23 bits per heavy atom. The molecule has 2 amide bonds. The van der Waals surface area contributed by atoms with Gasteiger partial charge in [0, 0.05) is 51.5 Å². The molecule has 2 saturated heterocycles. The van der Waals surface area contributed by atoms with Crippen molar-refractivity contribution >= 4 is 11.8 Å². The first kappa shape index (κ1) is 17.5. The minimum atomic E-state index is -0.108. The standard InChI is InChI=1S/C18H26N4O4/c1-12-19-20-16(26-12)14-9-22(15(23)10-25-2)11-18(14)5-7-21(8-6-18)17(24)13-3-4-13/h13-14H,3-11H2,1-2H3. The highest BCUT2D eigenvalue weighted by molar-refractivity contribution is 5.81. The molecule has 0 aromatic carbocycles. The molecule has 1 aromatic heterocycles. The summed E-state index contributed by atoms with van der Waals surface area (Å²) in [6.07, 6.45) is 3.77. The van der Waals surface area contributed by atoms with Gasteiger partial charge in [-0.25, -0.2) is 0 Å². The molecule has 1 aromatic rings. The fourth-order valence-corrected chi connectivity index (χ4v) is 4.43. The fraction of sp³-hybridized carbons (Fsp3) is 0.778. The number of rotatable bonds is 4. The fourth-order valence-electron chi connectivity index (χ4n) is 4.43. The number of methoxy groups -OCH3 is 1. The maximum absolute atomic E-state index is 12.4. The van der Waals surface area contributed by atoms with E-state index in [0.717, 1.165) is 38.8 Å². The lowest BCUT2D eigenvalue weighted by Crippen LogP contribution is -2.46. The molecule has 3 aliphatic rings. The lowest BCUT2D eigenvalue weighted by Gasteiger charge is -2.41. The van der Waals surface area contributed by atoms with Crippen LogP contribution in [0.4, 0.5) is 0 Å². The summed E-state index contributed by atoms with van der Waals surface area (Å²) in [5.74, 6) is 1.71. The lowest BCUT2D eigenvalue weighted by atomic mass is 9.70. The predicted molar refractivity (Wildman–Crippen MR) is 91.2 cm³/mol. The van der Waals surface area contributed by atoms with Crippen molar-refractivity contribution in [2.45, 2.75) is 38.5 Å². The SMILES string of the molecule is COCC(=O)N1CC(c2nnc(C)o2)C2(CCN(C(=O)C3CC3)CC2)C1. The van der Waals surface area contributed by atoms with Crippen LogP contribution in [0, 0.1) is 18.3 Å². The van der Waals surface area contributed by atoms with Crippen LogP contribution < -0.4 is 0 Å². The molecule has 1 saturated carbocycles. The molecule has 4 rings (SSSR count). The van der Waals surface area contributed by atoms with Crippen molar-refractivity contribution in [3.05, 3.63) is 11.8 Å². The summed E-state index contributed by atoms with van der Waals surface area (Å²) in [5.41, 5.74) is -0.108. The average Bonchev–Trinajstić information content (AvgIpc) is 3.30. The third-order valence-corrected chi connectivity index (χ3v) is 6.11. The zero-order chi connectivity index (χ0) is 18.3. The van der Waals surface area contributed by atoms with E-state index in [9.17, 15) is 9.59 Å². The van der Waals surface area contributed by atoms with Crippen LogP contribution in [0.2, 0.25) is 0 Å². The van der Waals surface area contributed by atoms with Crippen molar-refractivity contribution < 1.29 is 18.7 Å². The summed E-state index contributed by atoms with van der Waals surface area (Å²) in [5, 5.41) is 8.22. The number of ether oxygens (including phenoxy) is 1. The number of nitrogens with zero attached hydrogens (tertiary/aromatic N) is 4. The number of likely N-dealkylation sites (tertiary alicyclic amines) is 2. The van der Waals surface area contributed by atoms with Crippen LogP contribution in [-0.2, 0) is 14.3 Å². The number of carbonyl (C=O) groups is 2. The summed E-state index contributed by atoms with van der Waals surface area (Å²) >= 11 is 0. The minimum Gasteiger partial charge on any atom is -0.425 e. The molecule has 0 N–H and O–H groups in total. The van der Waals surface area contributed by atoms with Crippen molar-refractivity contribution in [3.63, 3.8) is 0 Å². The largest absolute Gasteiger partial charge is 0.425 e. The molecule has 8 heteroatoms. The molecule has 1 spiro atoms. The van der Waals surface area contributed by atoms with E-state index in [4.69, 9.17) is 9.15 Å². The minimum absolute atomic E-state index is 0.0119. The smallest absolute Gasteiger partial charge is 0.248 e. The Balaban J connectivity index is 1.53. The van der Waals surface area contributed by atoms with Crippen LogP contribution in [0.15, 0.2) is 4.42 Å². The molecule has 3 fully saturated rings. The van der Waals surface area contributed by atoms with Gasteiger partial charge in [0.05, 0.1) is 5.92 Å². The molecule has 3 heterocycles. The predicted octanol–water partition coefficient (Wildman–Crippen LogP) is 0.969. The number of aryl methyl sites for hydroxylation is 1. The summed E-state index contributed by atoms with van der Waals surface area (Å²) < 4.78 is 10.8. The van der Waals surface area contributed by atoms with Crippen LogP contribution in [0.1, 0.15) is 43.4 Å². The molecule has 8 nitrogen and oxygen atoms in total. The number of carbonyl (C=O) groups excluding carboxylic acids is 2. The number of hydrogen-bond acceptors (Lipinski definition) is 6. The van der Waals surface area contributed by atoms with Crippen molar-refractivity contribution in [1.82, 2.24) is 20.0 Å². The van der Waals surface area contributed by atoms with Crippen LogP contribution in [0.25, 0.3) is 0 Å². The van der Waals surface area contributed by atoms with E-state index < -0.39 is 0 Å². The number of aromatic nitrogens is 2. The van der Waals surface area contributed by atoms with Gasteiger partial charge < -0.3 is 19.0 Å². The Morgan fingerprint density at radius 2 is 1.96 bits per heavy atom. The van der Waals surface area contributed by atoms with Crippen molar-refractivity contribution in [1.29, 1.82) is 0 Å². The molecule has 142 valence electrons. The molecule has 0 radical (unpaired) electrons. The Kier molecular flexibility index (Phi) is 4.46. The Morgan fingerprint density at radius 3 is 2.54 bits per heavy atom. The van der Waals surface area contributed by atoms with Gasteiger partial charge in [0.15, 0.2) is 0 Å². The first-order valence-corrected chi connectivity index (χ1v) is 9.38. The van der Waals surface area contributed by atoms with Gasteiger partial charge in [0.1, 0.15) is 6.61 Å². The second-order valence-electron chi connectivity index (χ2n) is 7.88. The zero-order valence-corrected chi connectivity index (χ0v) is 15.4. The summed E-state index contributed by atoms with van der Waals surface area (Å²) in [6.45, 7) is 4.57. The Labute approximate surface area is 152 Å². The highest BCUT2D eigenvalue weighted by atomic mass is 16.5. The van der Waals surface area contributed by atoms with E-state index >= 15 is 0 Å². The zero-order valence-electron chi connectivity index (χ0n) is 15.4. The molecule has 1 unspecified atom stereocenters. The Hall–Kier alpha value is -1.96. The second-order valence-corrected chi connectivity index (χ2v) is 7.88. The van der Waals surface area contributed by atoms with Gasteiger partial charge >= 0.3 is 0 Å². The van der Waals surface area contributed by atoms with Gasteiger partial charge in [0.25, 0.3) is 0 Å². The third-order valence-electron chi connectivity index (χ3n) is 6.11. The number of amides is 2. The van der Waals surface area contributed by atoms with Gasteiger partial charge in [0.2, 0.25) is 23.6 Å². The van der Waals surface area contributed by atoms with E-state index in [2.05, 4.69) is 10.2 Å². The molecule has 2 aliphatic heterocycles. The molecule has 1 atom stereocenters. The van der Waals surface area contributed by atoms with E-state index in [1.165, 1.54) is 7.11 Å². The quantitative estimate of drug-likeness (QED) is 0.793. The van der Waals surface area contributed by atoms with Crippen molar-refractivity contribution in [3.8, 4) is 0 Å². The summed E-state index contributed by atoms with van der Waals surface area (Å²) in [6, 6.07) is 0. The molecule has 0 bridgehead atoms. The number of piperidine rings is 1. The van der Waals surface area contributed by atoms with Gasteiger partial charge in [-0.2, -0.15) is 0 Å². The molecular weight excluding hydrogens is 336 g/mol.